The number of carbonyl (C=O) groups excluding carboxylic acids is 1. The third-order valence-corrected chi connectivity index (χ3v) is 4.61. The molecule has 0 radical (unpaired) electrons. The number of aromatic nitrogens is 2. The first kappa shape index (κ1) is 15.0. The molecule has 2 N–H and O–H groups in total. The molecule has 0 bridgehead atoms. The highest BCUT2D eigenvalue weighted by Gasteiger charge is 2.28. The number of hydrogen-bond acceptors (Lipinski definition) is 3. The Balaban J connectivity index is 1.74. The number of aliphatic hydroxyl groups is 1. The molecule has 0 spiro atoms. The van der Waals surface area contributed by atoms with Gasteiger partial charge in [-0.3, -0.25) is 4.79 Å². The largest absolute Gasteiger partial charge is 0.511 e. The first-order chi connectivity index (χ1) is 11.6. The molecule has 0 fully saturated rings. The summed E-state index contributed by atoms with van der Waals surface area (Å²) in [5, 5.41) is 13.1. The average molecular weight is 384 g/mol. The summed E-state index contributed by atoms with van der Waals surface area (Å²) < 4.78 is 2.90. The summed E-state index contributed by atoms with van der Waals surface area (Å²) in [6, 6.07) is 13.0. The van der Waals surface area contributed by atoms with Crippen LogP contribution in [0.2, 0.25) is 0 Å². The third kappa shape index (κ3) is 2.49. The third-order valence-electron chi connectivity index (χ3n) is 4.08. The number of aliphatic hydroxyl groups excluding tert-OH is 1. The molecule has 0 unspecified atom stereocenters. The SMILES string of the molecule is O=C(Nc1ccc(Br)cc1)C1=C(O)CCc2c1nc1ccccn21. The van der Waals surface area contributed by atoms with Gasteiger partial charge in [0.15, 0.2) is 0 Å². The van der Waals surface area contributed by atoms with Crippen LogP contribution in [0.3, 0.4) is 0 Å². The van der Waals surface area contributed by atoms with Crippen LogP contribution in [-0.4, -0.2) is 20.4 Å². The Labute approximate surface area is 146 Å². The van der Waals surface area contributed by atoms with Crippen molar-refractivity contribution in [1.29, 1.82) is 0 Å². The molecule has 0 atom stereocenters. The highest BCUT2D eigenvalue weighted by Crippen LogP contribution is 2.31. The Hall–Kier alpha value is -2.60. The monoisotopic (exact) mass is 383 g/mol. The van der Waals surface area contributed by atoms with Crippen molar-refractivity contribution < 1.29 is 9.90 Å². The number of benzene rings is 1. The minimum atomic E-state index is -0.348. The van der Waals surface area contributed by atoms with Gasteiger partial charge in [0, 0.05) is 22.8 Å². The van der Waals surface area contributed by atoms with Crippen LogP contribution in [0.4, 0.5) is 5.69 Å². The molecule has 6 heteroatoms. The van der Waals surface area contributed by atoms with Gasteiger partial charge >= 0.3 is 0 Å². The molecule has 2 aromatic heterocycles. The number of rotatable bonds is 2. The molecule has 0 aliphatic heterocycles. The number of amides is 1. The fraction of sp³-hybridized carbons (Fsp3) is 0.111. The van der Waals surface area contributed by atoms with Gasteiger partial charge in [0.05, 0.1) is 5.69 Å². The Bertz CT molecular complexity index is 974. The molecule has 24 heavy (non-hydrogen) atoms. The molecule has 1 aromatic carbocycles. The predicted molar refractivity (Wildman–Crippen MR) is 95.8 cm³/mol. The summed E-state index contributed by atoms with van der Waals surface area (Å²) in [6.07, 6.45) is 3.01. The number of anilines is 1. The molecule has 0 saturated heterocycles. The Morgan fingerprint density at radius 3 is 2.75 bits per heavy atom. The van der Waals surface area contributed by atoms with E-state index in [-0.39, 0.29) is 17.2 Å². The predicted octanol–water partition coefficient (Wildman–Crippen LogP) is 3.95. The second kappa shape index (κ2) is 5.79. The quantitative estimate of drug-likeness (QED) is 0.703. The van der Waals surface area contributed by atoms with E-state index in [1.165, 1.54) is 0 Å². The van der Waals surface area contributed by atoms with Gasteiger partial charge in [0.2, 0.25) is 0 Å². The number of imidazole rings is 1. The lowest BCUT2D eigenvalue weighted by molar-refractivity contribution is -0.111. The van der Waals surface area contributed by atoms with Crippen molar-refractivity contribution in [1.82, 2.24) is 9.38 Å². The molecular weight excluding hydrogens is 370 g/mol. The zero-order valence-electron chi connectivity index (χ0n) is 12.7. The van der Waals surface area contributed by atoms with Crippen LogP contribution in [0.15, 0.2) is 58.9 Å². The zero-order valence-corrected chi connectivity index (χ0v) is 14.2. The van der Waals surface area contributed by atoms with Gasteiger partial charge in [-0.15, -0.1) is 0 Å². The van der Waals surface area contributed by atoms with Crippen molar-refractivity contribution >= 4 is 38.7 Å². The fourth-order valence-corrected chi connectivity index (χ4v) is 3.21. The van der Waals surface area contributed by atoms with Crippen LogP contribution in [0.25, 0.3) is 11.2 Å². The van der Waals surface area contributed by atoms with Crippen molar-refractivity contribution in [3.8, 4) is 0 Å². The van der Waals surface area contributed by atoms with Crippen molar-refractivity contribution in [3.05, 3.63) is 70.3 Å². The highest BCUT2D eigenvalue weighted by molar-refractivity contribution is 9.10. The number of nitrogens with zero attached hydrogens (tertiary/aromatic N) is 2. The molecule has 3 aromatic rings. The summed E-state index contributed by atoms with van der Waals surface area (Å²) in [5.41, 5.74) is 3.19. The number of pyridine rings is 1. The lowest BCUT2D eigenvalue weighted by atomic mass is 9.97. The lowest BCUT2D eigenvalue weighted by Crippen LogP contribution is -2.19. The fourth-order valence-electron chi connectivity index (χ4n) is 2.95. The van der Waals surface area contributed by atoms with E-state index >= 15 is 0 Å². The minimum Gasteiger partial charge on any atom is -0.511 e. The van der Waals surface area contributed by atoms with E-state index in [0.29, 0.717) is 24.2 Å². The number of hydrogen-bond donors (Lipinski definition) is 2. The molecule has 1 aliphatic carbocycles. The molecule has 1 aliphatic rings. The zero-order chi connectivity index (χ0) is 16.7. The Morgan fingerprint density at radius 2 is 1.96 bits per heavy atom. The maximum atomic E-state index is 12.7. The Kier molecular flexibility index (Phi) is 3.61. The van der Waals surface area contributed by atoms with Crippen LogP contribution in [0, 0.1) is 0 Å². The second-order valence-electron chi connectivity index (χ2n) is 5.62. The maximum absolute atomic E-state index is 12.7. The summed E-state index contributed by atoms with van der Waals surface area (Å²) in [6.45, 7) is 0. The van der Waals surface area contributed by atoms with Crippen molar-refractivity contribution in [3.63, 3.8) is 0 Å². The number of halogens is 1. The van der Waals surface area contributed by atoms with Gasteiger partial charge in [-0.2, -0.15) is 0 Å². The number of fused-ring (bicyclic) bond motifs is 3. The van der Waals surface area contributed by atoms with Gasteiger partial charge < -0.3 is 14.8 Å². The van der Waals surface area contributed by atoms with Crippen LogP contribution in [0.1, 0.15) is 17.8 Å². The minimum absolute atomic E-state index is 0.0838. The number of carbonyl (C=O) groups is 1. The lowest BCUT2D eigenvalue weighted by Gasteiger charge is -2.16. The summed E-state index contributed by atoms with van der Waals surface area (Å²) in [5.74, 6) is -0.264. The van der Waals surface area contributed by atoms with Crippen LogP contribution < -0.4 is 5.32 Å². The summed E-state index contributed by atoms with van der Waals surface area (Å²) in [7, 11) is 0. The molecule has 2 heterocycles. The smallest absolute Gasteiger partial charge is 0.261 e. The number of aryl methyl sites for hydroxylation is 1. The van der Waals surface area contributed by atoms with E-state index in [1.54, 1.807) is 12.1 Å². The van der Waals surface area contributed by atoms with Crippen molar-refractivity contribution in [2.75, 3.05) is 5.32 Å². The van der Waals surface area contributed by atoms with E-state index in [2.05, 4.69) is 26.2 Å². The van der Waals surface area contributed by atoms with E-state index in [9.17, 15) is 9.90 Å². The summed E-state index contributed by atoms with van der Waals surface area (Å²) >= 11 is 3.36. The van der Waals surface area contributed by atoms with Crippen molar-refractivity contribution in [2.24, 2.45) is 0 Å². The number of allylic oxidation sites excluding steroid dienone is 1. The first-order valence-electron chi connectivity index (χ1n) is 7.59. The normalized spacial score (nSPS) is 13.9. The molecular formula is C18H14BrN3O2. The number of nitrogens with one attached hydrogen (secondary N) is 1. The van der Waals surface area contributed by atoms with Crippen LogP contribution >= 0.6 is 15.9 Å². The topological polar surface area (TPSA) is 66.6 Å². The van der Waals surface area contributed by atoms with Crippen LogP contribution in [0.5, 0.6) is 0 Å². The van der Waals surface area contributed by atoms with Gasteiger partial charge in [-0.25, -0.2) is 4.98 Å². The van der Waals surface area contributed by atoms with Gasteiger partial charge in [-0.1, -0.05) is 22.0 Å². The van der Waals surface area contributed by atoms with E-state index in [4.69, 9.17) is 0 Å². The standard InChI is InChI=1S/C18H14BrN3O2/c19-11-4-6-12(7-5-11)20-18(24)16-14(23)9-8-13-17(16)21-15-3-1-2-10-22(13)15/h1-7,10,23H,8-9H2,(H,20,24). The van der Waals surface area contributed by atoms with Gasteiger partial charge in [-0.05, 0) is 42.8 Å². The maximum Gasteiger partial charge on any atom is 0.261 e. The van der Waals surface area contributed by atoms with E-state index in [1.807, 2.05) is 40.9 Å². The van der Waals surface area contributed by atoms with Crippen molar-refractivity contribution in [2.45, 2.75) is 12.8 Å². The second-order valence-corrected chi connectivity index (χ2v) is 6.53. The van der Waals surface area contributed by atoms with Gasteiger partial charge in [0.1, 0.15) is 22.7 Å². The molecule has 4 rings (SSSR count). The van der Waals surface area contributed by atoms with Crippen LogP contribution in [-0.2, 0) is 11.2 Å². The first-order valence-corrected chi connectivity index (χ1v) is 8.38. The highest BCUT2D eigenvalue weighted by atomic mass is 79.9. The molecule has 1 amide bonds. The van der Waals surface area contributed by atoms with Gasteiger partial charge in [0.25, 0.3) is 5.91 Å². The molecule has 5 nitrogen and oxygen atoms in total. The summed E-state index contributed by atoms with van der Waals surface area (Å²) in [4.78, 5) is 17.3. The molecule has 120 valence electrons. The molecule has 0 saturated carbocycles. The van der Waals surface area contributed by atoms with E-state index < -0.39 is 0 Å². The Morgan fingerprint density at radius 1 is 1.17 bits per heavy atom. The average Bonchev–Trinajstić information content (AvgIpc) is 2.95. The van der Waals surface area contributed by atoms with E-state index in [0.717, 1.165) is 15.8 Å².